The summed E-state index contributed by atoms with van der Waals surface area (Å²) in [4.78, 5) is 11.8. The standard InChI is InChI=1S/C14H11ClF3NO5S2/c1-7(20)13(21)19-12-5-4-11(25(12)26(22)23)9-3-2-8(6-10(9)15)24-14(16,17)18/h2-7,20H,1H3,(H,19,21). The van der Waals surface area contributed by atoms with Gasteiger partial charge in [-0.1, -0.05) is 11.6 Å². The molecule has 26 heavy (non-hydrogen) atoms. The Morgan fingerprint density at radius 1 is 1.35 bits per heavy atom. The molecule has 0 aromatic heterocycles. The fourth-order valence-electron chi connectivity index (χ4n) is 1.94. The van der Waals surface area contributed by atoms with Crippen molar-refractivity contribution in [1.29, 1.82) is 0 Å². The maximum absolute atomic E-state index is 12.3. The molecular weight excluding hydrogens is 419 g/mol. The number of benzene rings is 1. The summed E-state index contributed by atoms with van der Waals surface area (Å²) in [5.74, 6) is -1.35. The van der Waals surface area contributed by atoms with E-state index in [1.165, 1.54) is 25.1 Å². The number of carbonyl (C=O) groups is 1. The molecule has 0 saturated heterocycles. The van der Waals surface area contributed by atoms with Crippen LogP contribution in [0.15, 0.2) is 35.4 Å². The first-order valence-corrected chi connectivity index (χ1v) is 9.99. The highest BCUT2D eigenvalue weighted by molar-refractivity contribution is 8.40. The lowest BCUT2D eigenvalue weighted by Gasteiger charge is -2.13. The molecule has 2 unspecified atom stereocenters. The Hall–Kier alpha value is -1.82. The summed E-state index contributed by atoms with van der Waals surface area (Å²) < 4.78 is 63.7. The van der Waals surface area contributed by atoms with Gasteiger partial charge in [-0.2, -0.15) is 8.42 Å². The molecule has 2 N–H and O–H groups in total. The molecule has 142 valence electrons. The molecule has 1 aliphatic rings. The number of aliphatic hydroxyl groups excluding tert-OH is 1. The van der Waals surface area contributed by atoms with Crippen LogP contribution in [0.1, 0.15) is 12.5 Å². The van der Waals surface area contributed by atoms with E-state index in [0.29, 0.717) is 0 Å². The van der Waals surface area contributed by atoms with E-state index in [0.717, 1.165) is 12.1 Å². The number of halogens is 4. The predicted octanol–water partition coefficient (Wildman–Crippen LogP) is 2.34. The van der Waals surface area contributed by atoms with Crippen LogP contribution in [0.25, 0.3) is 4.91 Å². The maximum Gasteiger partial charge on any atom is 0.573 e. The molecule has 2 rings (SSSR count). The number of ether oxygens (including phenoxy) is 1. The van der Waals surface area contributed by atoms with Crippen molar-refractivity contribution >= 4 is 41.1 Å². The first-order valence-electron chi connectivity index (χ1n) is 6.80. The third-order valence-corrected chi connectivity index (χ3v) is 6.86. The summed E-state index contributed by atoms with van der Waals surface area (Å²) in [5.41, 5.74) is 0.172. The molecule has 0 fully saturated rings. The highest BCUT2D eigenvalue weighted by Crippen LogP contribution is 2.36. The minimum atomic E-state index is -4.89. The van der Waals surface area contributed by atoms with Crippen molar-refractivity contribution in [2.45, 2.75) is 19.4 Å². The van der Waals surface area contributed by atoms with Crippen LogP contribution in [-0.2, 0) is 23.5 Å². The average molecular weight is 430 g/mol. The SMILES string of the molecule is CC(O)C(=O)NC1=CC=C(c2ccc(OC(F)(F)F)cc2Cl)S1=S(=O)=O. The van der Waals surface area contributed by atoms with Crippen molar-refractivity contribution in [3.63, 3.8) is 0 Å². The second kappa shape index (κ2) is 7.82. The highest BCUT2D eigenvalue weighted by atomic mass is 35.5. The van der Waals surface area contributed by atoms with Gasteiger partial charge in [-0.3, -0.25) is 4.79 Å². The maximum atomic E-state index is 12.3. The molecule has 1 aliphatic heterocycles. The van der Waals surface area contributed by atoms with Crippen LogP contribution in [0.3, 0.4) is 0 Å². The molecule has 0 saturated carbocycles. The number of aliphatic hydroxyl groups is 1. The van der Waals surface area contributed by atoms with Gasteiger partial charge >= 0.3 is 6.36 Å². The van der Waals surface area contributed by atoms with Gasteiger partial charge in [0.2, 0.25) is 0 Å². The lowest BCUT2D eigenvalue weighted by molar-refractivity contribution is -0.274. The fraction of sp³-hybridized carbons (Fsp3) is 0.214. The Morgan fingerprint density at radius 2 is 2.00 bits per heavy atom. The van der Waals surface area contributed by atoms with Crippen LogP contribution in [0.4, 0.5) is 13.2 Å². The Morgan fingerprint density at radius 3 is 2.50 bits per heavy atom. The van der Waals surface area contributed by atoms with Gasteiger partial charge in [0.05, 0.1) is 10.1 Å². The van der Waals surface area contributed by atoms with Crippen molar-refractivity contribution in [3.05, 3.63) is 46.0 Å². The van der Waals surface area contributed by atoms with E-state index in [1.807, 2.05) is 0 Å². The summed E-state index contributed by atoms with van der Waals surface area (Å²) >= 11 is 5.98. The third kappa shape index (κ3) is 4.87. The lowest BCUT2D eigenvalue weighted by Crippen LogP contribution is -2.32. The molecule has 0 aliphatic carbocycles. The second-order valence-electron chi connectivity index (χ2n) is 4.89. The van der Waals surface area contributed by atoms with E-state index < -0.39 is 42.8 Å². The van der Waals surface area contributed by atoms with Crippen LogP contribution in [0, 0.1) is 0 Å². The number of hydrogen-bond acceptors (Lipinski definition) is 5. The molecule has 2 atom stereocenters. The van der Waals surface area contributed by atoms with E-state index in [2.05, 4.69) is 10.1 Å². The number of hydrogen-bond donors (Lipinski definition) is 2. The molecule has 0 radical (unpaired) electrons. The van der Waals surface area contributed by atoms with Crippen molar-refractivity contribution in [2.24, 2.45) is 0 Å². The van der Waals surface area contributed by atoms with E-state index in [9.17, 15) is 31.5 Å². The Balaban J connectivity index is 2.36. The zero-order valence-electron chi connectivity index (χ0n) is 12.9. The summed E-state index contributed by atoms with van der Waals surface area (Å²) in [6.45, 7) is 1.21. The van der Waals surface area contributed by atoms with Crippen LogP contribution in [0.2, 0.25) is 5.02 Å². The van der Waals surface area contributed by atoms with E-state index in [-0.39, 0.29) is 20.5 Å². The van der Waals surface area contributed by atoms with Crippen molar-refractivity contribution in [2.75, 3.05) is 0 Å². The first-order chi connectivity index (χ1) is 12.0. The first kappa shape index (κ1) is 20.5. The van der Waals surface area contributed by atoms with E-state index in [1.54, 1.807) is 0 Å². The van der Waals surface area contributed by atoms with Gasteiger partial charge in [0.1, 0.15) is 11.9 Å². The van der Waals surface area contributed by atoms with Crippen LogP contribution < -0.4 is 10.1 Å². The Bertz CT molecular complexity index is 944. The molecular formula is C14H11ClF3NO5S2. The van der Waals surface area contributed by atoms with Crippen LogP contribution in [-0.4, -0.2) is 31.9 Å². The highest BCUT2D eigenvalue weighted by Gasteiger charge is 2.31. The third-order valence-electron chi connectivity index (χ3n) is 2.99. The van der Waals surface area contributed by atoms with Crippen LogP contribution in [0.5, 0.6) is 5.75 Å². The van der Waals surface area contributed by atoms with Crippen molar-refractivity contribution in [3.8, 4) is 5.75 Å². The molecule has 0 spiro atoms. The Kier molecular flexibility index (Phi) is 6.17. The van der Waals surface area contributed by atoms with Gasteiger partial charge in [0.15, 0.2) is 0 Å². The summed E-state index contributed by atoms with van der Waals surface area (Å²) in [7, 11) is -4.32. The van der Waals surface area contributed by atoms with Crippen molar-refractivity contribution in [1.82, 2.24) is 5.32 Å². The largest absolute Gasteiger partial charge is 0.573 e. The minimum absolute atomic E-state index is 0.0194. The monoisotopic (exact) mass is 429 g/mol. The van der Waals surface area contributed by atoms with Gasteiger partial charge in [0.25, 0.3) is 15.2 Å². The number of amides is 1. The predicted molar refractivity (Wildman–Crippen MR) is 90.3 cm³/mol. The molecule has 12 heteroatoms. The van der Waals surface area contributed by atoms with Gasteiger partial charge in [0, 0.05) is 19.9 Å². The normalized spacial score (nSPS) is 18.0. The summed E-state index contributed by atoms with van der Waals surface area (Å²) in [6, 6.07) is 3.10. The van der Waals surface area contributed by atoms with Crippen molar-refractivity contribution < 1.29 is 36.2 Å². The van der Waals surface area contributed by atoms with Gasteiger partial charge < -0.3 is 15.2 Å². The quantitative estimate of drug-likeness (QED) is 0.766. The summed E-state index contributed by atoms with van der Waals surface area (Å²) in [6.07, 6.45) is -3.54. The lowest BCUT2D eigenvalue weighted by atomic mass is 10.2. The van der Waals surface area contributed by atoms with Gasteiger partial charge in [-0.25, -0.2) is 0 Å². The smallest absolute Gasteiger partial charge is 0.406 e. The second-order valence-corrected chi connectivity index (χ2v) is 8.94. The molecule has 0 bridgehead atoms. The van der Waals surface area contributed by atoms with Crippen LogP contribution >= 0.6 is 11.6 Å². The molecule has 6 nitrogen and oxygen atoms in total. The number of carbonyl (C=O) groups excluding carboxylic acids is 1. The molecule has 1 aromatic rings. The Labute approximate surface area is 154 Å². The molecule has 1 heterocycles. The summed E-state index contributed by atoms with van der Waals surface area (Å²) in [5, 5.41) is 11.4. The molecule has 1 aromatic carbocycles. The number of allylic oxidation sites excluding steroid dienone is 2. The van der Waals surface area contributed by atoms with Gasteiger partial charge in [-0.05, 0) is 37.3 Å². The zero-order valence-corrected chi connectivity index (χ0v) is 15.3. The number of rotatable bonds is 4. The topological polar surface area (TPSA) is 92.7 Å². The fourth-order valence-corrected chi connectivity index (χ4v) is 5.36. The zero-order chi connectivity index (χ0) is 19.6. The van der Waals surface area contributed by atoms with Gasteiger partial charge in [-0.15, -0.1) is 13.2 Å². The van der Waals surface area contributed by atoms with E-state index in [4.69, 9.17) is 11.6 Å². The van der Waals surface area contributed by atoms with E-state index >= 15 is 0 Å². The minimum Gasteiger partial charge on any atom is -0.406 e. The number of alkyl halides is 3. The molecule has 1 amide bonds. The average Bonchev–Trinajstić information content (AvgIpc) is 2.89. The number of nitrogens with one attached hydrogen (secondary N) is 1.